The van der Waals surface area contributed by atoms with Gasteiger partial charge in [-0.15, -0.1) is 0 Å². The van der Waals surface area contributed by atoms with Crippen molar-refractivity contribution < 1.29 is 26.5 Å². The molecule has 6 nitrogen and oxygen atoms in total. The average Bonchev–Trinajstić information content (AvgIpc) is 2.78. The predicted octanol–water partition coefficient (Wildman–Crippen LogP) is 2.66. The first-order chi connectivity index (χ1) is 11.0. The van der Waals surface area contributed by atoms with Crippen molar-refractivity contribution >= 4 is 16.2 Å². The lowest BCUT2D eigenvalue weighted by atomic mass is 10.2. The number of likely N-dealkylation sites (tertiary alicyclic amines) is 1. The molecule has 1 saturated heterocycles. The summed E-state index contributed by atoms with van der Waals surface area (Å²) >= 11 is 0. The summed E-state index contributed by atoms with van der Waals surface area (Å²) < 4.78 is 48.7. The number of amides is 1. The van der Waals surface area contributed by atoms with Gasteiger partial charge in [0.1, 0.15) is 17.9 Å². The van der Waals surface area contributed by atoms with Crippen molar-refractivity contribution in [2.45, 2.75) is 50.5 Å². The van der Waals surface area contributed by atoms with E-state index in [1.165, 1.54) is 12.1 Å². The fourth-order valence-corrected chi connectivity index (χ4v) is 3.31. The smallest absolute Gasteiger partial charge is 0.410 e. The zero-order valence-corrected chi connectivity index (χ0v) is 15.0. The normalized spacial score (nSPS) is 21.8. The van der Waals surface area contributed by atoms with Gasteiger partial charge in [0.15, 0.2) is 0 Å². The van der Waals surface area contributed by atoms with Gasteiger partial charge in [-0.1, -0.05) is 17.7 Å². The molecule has 1 aliphatic rings. The fraction of sp³-hybridized carbons (Fsp3) is 0.562. The van der Waals surface area contributed by atoms with Gasteiger partial charge in [-0.05, 0) is 39.8 Å². The maximum atomic E-state index is 14.1. The van der Waals surface area contributed by atoms with Crippen LogP contribution in [0.15, 0.2) is 29.2 Å². The zero-order chi connectivity index (χ0) is 18.1. The number of rotatable bonds is 3. The Morgan fingerprint density at radius 1 is 1.21 bits per heavy atom. The minimum absolute atomic E-state index is 0.0454. The summed E-state index contributed by atoms with van der Waals surface area (Å²) in [5.41, 5.74) is 0.185. The van der Waals surface area contributed by atoms with Crippen LogP contribution in [0.5, 0.6) is 0 Å². The Morgan fingerprint density at radius 3 is 2.33 bits per heavy atom. The number of hydrogen-bond acceptors (Lipinski definition) is 5. The van der Waals surface area contributed by atoms with E-state index in [9.17, 15) is 17.6 Å². The molecule has 0 aromatic heterocycles. The van der Waals surface area contributed by atoms with E-state index < -0.39 is 34.1 Å². The SMILES string of the molecule is Cc1ccc(S(=O)(=O)O[C@@H]2CN(C(=O)OC(C)(C)C)C[C@H]2F)cc1. The Hall–Kier alpha value is -1.67. The summed E-state index contributed by atoms with van der Waals surface area (Å²) in [4.78, 5) is 13.0. The van der Waals surface area contributed by atoms with E-state index >= 15 is 0 Å². The summed E-state index contributed by atoms with van der Waals surface area (Å²) in [6.45, 7) is 6.48. The first-order valence-electron chi connectivity index (χ1n) is 7.60. The molecular formula is C16H22FNO5S. The molecule has 0 N–H and O–H groups in total. The highest BCUT2D eigenvalue weighted by Gasteiger charge is 2.40. The molecule has 8 heteroatoms. The van der Waals surface area contributed by atoms with E-state index in [4.69, 9.17) is 8.92 Å². The van der Waals surface area contributed by atoms with Crippen LogP contribution in [0.4, 0.5) is 9.18 Å². The van der Waals surface area contributed by atoms with Gasteiger partial charge < -0.3 is 9.64 Å². The molecule has 1 amide bonds. The highest BCUT2D eigenvalue weighted by Crippen LogP contribution is 2.24. The molecule has 0 spiro atoms. The second-order valence-corrected chi connectivity index (χ2v) is 8.38. The van der Waals surface area contributed by atoms with E-state index in [-0.39, 0.29) is 18.0 Å². The van der Waals surface area contributed by atoms with Gasteiger partial charge in [-0.3, -0.25) is 4.18 Å². The number of nitrogens with zero attached hydrogens (tertiary/aromatic N) is 1. The molecular weight excluding hydrogens is 337 g/mol. The number of carbonyl (C=O) groups excluding carboxylic acids is 1. The number of hydrogen-bond donors (Lipinski definition) is 0. The summed E-state index contributed by atoms with van der Waals surface area (Å²) in [5.74, 6) is 0. The molecule has 1 aromatic carbocycles. The van der Waals surface area contributed by atoms with Crippen LogP contribution < -0.4 is 0 Å². The first-order valence-corrected chi connectivity index (χ1v) is 9.01. The van der Waals surface area contributed by atoms with Gasteiger partial charge in [0, 0.05) is 0 Å². The van der Waals surface area contributed by atoms with Crippen molar-refractivity contribution in [3.63, 3.8) is 0 Å². The summed E-state index contributed by atoms with van der Waals surface area (Å²) in [6, 6.07) is 6.06. The van der Waals surface area contributed by atoms with Gasteiger partial charge in [0.25, 0.3) is 10.1 Å². The second-order valence-electron chi connectivity index (χ2n) is 6.80. The van der Waals surface area contributed by atoms with Gasteiger partial charge in [-0.2, -0.15) is 8.42 Å². The molecule has 0 radical (unpaired) electrons. The van der Waals surface area contributed by atoms with Gasteiger partial charge in [0.2, 0.25) is 0 Å². The van der Waals surface area contributed by atoms with E-state index in [2.05, 4.69) is 0 Å². The quantitative estimate of drug-likeness (QED) is 0.776. The molecule has 2 atom stereocenters. The molecule has 1 heterocycles. The zero-order valence-electron chi connectivity index (χ0n) is 14.2. The minimum atomic E-state index is -4.10. The lowest BCUT2D eigenvalue weighted by Crippen LogP contribution is -2.36. The molecule has 0 unspecified atom stereocenters. The number of aryl methyl sites for hydroxylation is 1. The lowest BCUT2D eigenvalue weighted by molar-refractivity contribution is 0.0274. The average molecular weight is 359 g/mol. The van der Waals surface area contributed by atoms with Crippen molar-refractivity contribution in [1.29, 1.82) is 0 Å². The largest absolute Gasteiger partial charge is 0.444 e. The number of ether oxygens (including phenoxy) is 1. The van der Waals surface area contributed by atoms with Crippen molar-refractivity contribution in [1.82, 2.24) is 4.90 Å². The van der Waals surface area contributed by atoms with Crippen LogP contribution in [0.25, 0.3) is 0 Å². The van der Waals surface area contributed by atoms with Crippen molar-refractivity contribution in [3.8, 4) is 0 Å². The fourth-order valence-electron chi connectivity index (χ4n) is 2.22. The van der Waals surface area contributed by atoms with E-state index in [0.717, 1.165) is 10.5 Å². The Balaban J connectivity index is 2.05. The van der Waals surface area contributed by atoms with Crippen molar-refractivity contribution in [2.75, 3.05) is 13.1 Å². The third-order valence-electron chi connectivity index (χ3n) is 3.41. The lowest BCUT2D eigenvalue weighted by Gasteiger charge is -2.24. The van der Waals surface area contributed by atoms with Crippen LogP contribution in [0.3, 0.4) is 0 Å². The number of benzene rings is 1. The van der Waals surface area contributed by atoms with Crippen LogP contribution >= 0.6 is 0 Å². The minimum Gasteiger partial charge on any atom is -0.444 e. The Morgan fingerprint density at radius 2 is 1.79 bits per heavy atom. The second kappa shape index (κ2) is 6.68. The summed E-state index contributed by atoms with van der Waals surface area (Å²) in [6.07, 6.45) is -3.54. The molecule has 0 saturated carbocycles. The monoisotopic (exact) mass is 359 g/mol. The molecule has 1 aromatic rings. The van der Waals surface area contributed by atoms with Crippen LogP contribution in [-0.4, -0.2) is 50.4 Å². The molecule has 134 valence electrons. The number of carbonyl (C=O) groups is 1. The standard InChI is InChI=1S/C16H22FNO5S/c1-11-5-7-12(8-6-11)24(20,21)23-14-10-18(9-13(14)17)15(19)22-16(2,3)4/h5-8,13-14H,9-10H2,1-4H3/t13-,14-/m1/s1. The van der Waals surface area contributed by atoms with Crippen molar-refractivity contribution in [3.05, 3.63) is 29.8 Å². The maximum absolute atomic E-state index is 14.1. The van der Waals surface area contributed by atoms with Gasteiger partial charge in [0.05, 0.1) is 18.0 Å². The highest BCUT2D eigenvalue weighted by atomic mass is 32.2. The topological polar surface area (TPSA) is 72.9 Å². The van der Waals surface area contributed by atoms with Crippen LogP contribution in [0.2, 0.25) is 0 Å². The van der Waals surface area contributed by atoms with E-state index in [0.29, 0.717) is 0 Å². The molecule has 0 aliphatic carbocycles. The molecule has 2 rings (SSSR count). The van der Waals surface area contributed by atoms with Gasteiger partial charge >= 0.3 is 6.09 Å². The number of halogens is 1. The molecule has 1 fully saturated rings. The molecule has 1 aliphatic heterocycles. The van der Waals surface area contributed by atoms with E-state index in [1.807, 2.05) is 6.92 Å². The third kappa shape index (κ3) is 4.67. The third-order valence-corrected chi connectivity index (χ3v) is 4.76. The Kier molecular flexibility index (Phi) is 5.19. The van der Waals surface area contributed by atoms with Crippen molar-refractivity contribution in [2.24, 2.45) is 0 Å². The van der Waals surface area contributed by atoms with E-state index in [1.54, 1.807) is 32.9 Å². The highest BCUT2D eigenvalue weighted by molar-refractivity contribution is 7.86. The summed E-state index contributed by atoms with van der Waals surface area (Å²) in [7, 11) is -4.10. The van der Waals surface area contributed by atoms with Crippen LogP contribution in [0.1, 0.15) is 26.3 Å². The predicted molar refractivity (Wildman–Crippen MR) is 85.9 cm³/mol. The Labute approximate surface area is 141 Å². The Bertz CT molecular complexity index is 696. The number of alkyl halides is 1. The maximum Gasteiger partial charge on any atom is 0.410 e. The van der Waals surface area contributed by atoms with Gasteiger partial charge in [-0.25, -0.2) is 9.18 Å². The summed E-state index contributed by atoms with van der Waals surface area (Å²) in [5, 5.41) is 0. The van der Waals surface area contributed by atoms with Crippen LogP contribution in [-0.2, 0) is 19.0 Å². The molecule has 24 heavy (non-hydrogen) atoms. The molecule has 0 bridgehead atoms. The van der Waals surface area contributed by atoms with Crippen LogP contribution in [0, 0.1) is 6.92 Å². The first kappa shape index (κ1) is 18.7.